The van der Waals surface area contributed by atoms with E-state index in [1.807, 2.05) is 43.3 Å². The topological polar surface area (TPSA) is 357 Å². The van der Waals surface area contributed by atoms with Crippen molar-refractivity contribution >= 4 is 76.4 Å². The number of carbonyl (C=O) groups is 9. The molecule has 0 bridgehead atoms. The van der Waals surface area contributed by atoms with Gasteiger partial charge in [0.2, 0.25) is 17.7 Å². The number of ether oxygens (including phenoxy) is 4. The molecule has 0 spiro atoms. The summed E-state index contributed by atoms with van der Waals surface area (Å²) in [6.07, 6.45) is 5.87. The predicted octanol–water partition coefficient (Wildman–Crippen LogP) is 5.64. The second kappa shape index (κ2) is 39.7. The van der Waals surface area contributed by atoms with E-state index in [0.717, 1.165) is 22.4 Å². The van der Waals surface area contributed by atoms with Gasteiger partial charge in [0.25, 0.3) is 0 Å². The summed E-state index contributed by atoms with van der Waals surface area (Å²) in [7, 11) is 2.61. The molecule has 0 aliphatic carbocycles. The Bertz CT molecular complexity index is 2490. The Kier molecular flexibility index (Phi) is 35.1. The molecule has 4 amide bonds. The molecule has 3 aromatic rings. The number of nitrogens with one attached hydrogen (secondary N) is 3. The van der Waals surface area contributed by atoms with Gasteiger partial charge >= 0.3 is 24.0 Å². The molecule has 1 aliphatic rings. The molecule has 0 aromatic heterocycles. The highest BCUT2D eigenvalue weighted by Crippen LogP contribution is 2.30. The summed E-state index contributed by atoms with van der Waals surface area (Å²) in [6, 6.07) is 16.1. The van der Waals surface area contributed by atoms with Crippen molar-refractivity contribution < 1.29 is 87.6 Å². The SMILES string of the molecule is CCOC(=O)N1c2ccccc2C=CC1OCC.COC(=O)CCCCC(=O)N[C@@H](C)C(=O)C[C@@H](C)C(=O)Nc1cc(CO)cc(CO)c1.COC(=O)CCCCC(=O)N[C@@H](C)C(=O)C[C@@H](C)C(=O)O.Nc1cc(CO)cc(CO)c1. The number of nitrogens with zero attached hydrogens (tertiary/aromatic N) is 1. The lowest BCUT2D eigenvalue weighted by Crippen LogP contribution is -2.43. The first kappa shape index (κ1) is 71.4. The minimum Gasteiger partial charge on any atom is -0.481 e. The van der Waals surface area contributed by atoms with Crippen LogP contribution in [0.15, 0.2) is 66.7 Å². The van der Waals surface area contributed by atoms with Gasteiger partial charge in [-0.15, -0.1) is 0 Å². The van der Waals surface area contributed by atoms with Gasteiger partial charge < -0.3 is 66.2 Å². The highest BCUT2D eigenvalue weighted by Gasteiger charge is 2.29. The number of Topliss-reactive ketones (excluding diaryl/α,β-unsaturated/α-hetero) is 2. The van der Waals surface area contributed by atoms with Crippen LogP contribution in [0.1, 0.15) is 134 Å². The third-order valence-electron chi connectivity index (χ3n) is 11.9. The van der Waals surface area contributed by atoms with Gasteiger partial charge in [-0.25, -0.2) is 9.69 Å². The number of nitrogen functional groups attached to an aromatic ring is 1. The van der Waals surface area contributed by atoms with Crippen LogP contribution in [0, 0.1) is 11.8 Å². The molecule has 0 saturated carbocycles. The maximum absolute atomic E-state index is 12.4. The second-order valence-corrected chi connectivity index (χ2v) is 18.7. The first-order valence-electron chi connectivity index (χ1n) is 26.6. The molecule has 3 aromatic carbocycles. The summed E-state index contributed by atoms with van der Waals surface area (Å²) < 4.78 is 19.7. The molecular weight excluding hydrogens is 1050 g/mol. The number of carboxylic acids is 1. The third-order valence-corrected chi connectivity index (χ3v) is 11.9. The van der Waals surface area contributed by atoms with E-state index < -0.39 is 36.1 Å². The number of ketones is 2. The van der Waals surface area contributed by atoms with Crippen LogP contribution in [0.25, 0.3) is 6.08 Å². The number of fused-ring (bicyclic) bond motifs is 1. The van der Waals surface area contributed by atoms with Gasteiger partial charge in [-0.3, -0.25) is 38.4 Å². The summed E-state index contributed by atoms with van der Waals surface area (Å²) >= 11 is 0. The lowest BCUT2D eigenvalue weighted by molar-refractivity contribution is -0.143. The van der Waals surface area contributed by atoms with Crippen molar-refractivity contribution in [1.82, 2.24) is 10.6 Å². The Labute approximate surface area is 473 Å². The first-order valence-corrected chi connectivity index (χ1v) is 26.6. The quantitative estimate of drug-likeness (QED) is 0.0184. The molecule has 81 heavy (non-hydrogen) atoms. The van der Waals surface area contributed by atoms with E-state index in [4.69, 9.17) is 30.5 Å². The number of rotatable bonds is 28. The lowest BCUT2D eigenvalue weighted by Gasteiger charge is -2.32. The van der Waals surface area contributed by atoms with E-state index in [1.165, 1.54) is 28.1 Å². The zero-order chi connectivity index (χ0) is 61.0. The predicted molar refractivity (Wildman–Crippen MR) is 301 cm³/mol. The number of aliphatic hydroxyl groups is 4. The third kappa shape index (κ3) is 28.4. The molecule has 5 atom stereocenters. The molecular formula is C58H83N5O18. The number of nitrogens with two attached hydrogens (primary N) is 1. The normalized spacial score (nSPS) is 13.4. The standard InChI is InChI=1S/C22H32N2O7.C14H23NO6.C14H17NO3.C8H11NO2/c1-14(22(30)24-18-10-16(12-25)9-17(11-18)13-26)8-19(27)15(2)23-20(28)6-4-5-7-21(29)31-3;1-9(14(19)20)8-11(16)10(2)15-12(17)6-4-5-7-13(18)21-3;1-3-17-13-10-9-11-7-5-6-8-12(11)15(13)14(16)18-4-2;9-8-2-6(4-10)1-7(3-8)5-11/h9-11,14-15,25-26H,4-8,12-13H2,1-3H3,(H,23,28)(H,24,30);9-10H,4-8H2,1-3H3,(H,15,17)(H,19,20);5-10,13H,3-4H2,1-2H3;1-3,10-11H,4-5,9H2/t14-,15+;9-,10+;;/m11../s1. The molecule has 10 N–H and O–H groups in total. The number of unbranched alkanes of at least 4 members (excludes halogenated alkanes) is 2. The number of carbonyl (C=O) groups excluding carboxylic acids is 8. The average molecular weight is 1140 g/mol. The van der Waals surface area contributed by atoms with E-state index in [0.29, 0.717) is 61.4 Å². The van der Waals surface area contributed by atoms with Crippen LogP contribution in [-0.4, -0.2) is 125 Å². The summed E-state index contributed by atoms with van der Waals surface area (Å²) in [6.45, 7) is 10.2. The van der Waals surface area contributed by atoms with Crippen molar-refractivity contribution in [2.45, 2.75) is 150 Å². The molecule has 1 unspecified atom stereocenters. The minimum atomic E-state index is -1.04. The van der Waals surface area contributed by atoms with Crippen molar-refractivity contribution in [1.29, 1.82) is 0 Å². The van der Waals surface area contributed by atoms with Crippen LogP contribution in [0.5, 0.6) is 0 Å². The van der Waals surface area contributed by atoms with Crippen LogP contribution >= 0.6 is 0 Å². The van der Waals surface area contributed by atoms with Crippen LogP contribution in [0.2, 0.25) is 0 Å². The number of esters is 2. The number of hydrogen-bond acceptors (Lipinski definition) is 18. The Morgan fingerprint density at radius 3 is 1.49 bits per heavy atom. The number of aliphatic carboxylic acids is 1. The number of para-hydroxylation sites is 1. The van der Waals surface area contributed by atoms with Gasteiger partial charge in [-0.1, -0.05) is 50.3 Å². The summed E-state index contributed by atoms with van der Waals surface area (Å²) in [5.74, 6) is -4.63. The molecule has 23 nitrogen and oxygen atoms in total. The van der Waals surface area contributed by atoms with Crippen molar-refractivity contribution in [2.24, 2.45) is 11.8 Å². The van der Waals surface area contributed by atoms with Gasteiger partial charge in [-0.05, 0) is 118 Å². The monoisotopic (exact) mass is 1140 g/mol. The van der Waals surface area contributed by atoms with Crippen LogP contribution in [0.3, 0.4) is 0 Å². The average Bonchev–Trinajstić information content (AvgIpc) is 3.53. The fourth-order valence-electron chi connectivity index (χ4n) is 7.45. The number of hydrogen-bond donors (Lipinski definition) is 9. The number of carboxylic acid groups (broad SMARTS) is 1. The summed E-state index contributed by atoms with van der Waals surface area (Å²) in [5.41, 5.74) is 10.8. The molecule has 448 valence electrons. The highest BCUT2D eigenvalue weighted by molar-refractivity contribution is 5.97. The van der Waals surface area contributed by atoms with Crippen molar-refractivity contribution in [3.63, 3.8) is 0 Å². The van der Waals surface area contributed by atoms with E-state index >= 15 is 0 Å². The van der Waals surface area contributed by atoms with E-state index in [-0.39, 0.29) is 112 Å². The number of benzene rings is 3. The maximum Gasteiger partial charge on any atom is 0.416 e. The molecule has 1 heterocycles. The molecule has 0 fully saturated rings. The summed E-state index contributed by atoms with van der Waals surface area (Å²) in [5, 5.41) is 52.6. The fourth-order valence-corrected chi connectivity index (χ4v) is 7.45. The van der Waals surface area contributed by atoms with Crippen LogP contribution in [-0.2, 0) is 83.7 Å². The molecule has 1 aliphatic heterocycles. The van der Waals surface area contributed by atoms with Gasteiger partial charge in [0, 0.05) is 62.4 Å². The summed E-state index contributed by atoms with van der Waals surface area (Å²) in [4.78, 5) is 106. The second-order valence-electron chi connectivity index (χ2n) is 18.7. The van der Waals surface area contributed by atoms with E-state index in [2.05, 4.69) is 25.4 Å². The van der Waals surface area contributed by atoms with Gasteiger partial charge in [0.15, 0.2) is 17.8 Å². The zero-order valence-electron chi connectivity index (χ0n) is 47.7. The Morgan fingerprint density at radius 2 is 1.06 bits per heavy atom. The van der Waals surface area contributed by atoms with Gasteiger partial charge in [0.05, 0.1) is 70.9 Å². The number of anilines is 3. The van der Waals surface area contributed by atoms with E-state index in [9.17, 15) is 53.4 Å². The Morgan fingerprint density at radius 1 is 0.617 bits per heavy atom. The van der Waals surface area contributed by atoms with Gasteiger partial charge in [0.1, 0.15) is 0 Å². The van der Waals surface area contributed by atoms with Crippen molar-refractivity contribution in [3.8, 4) is 0 Å². The largest absolute Gasteiger partial charge is 0.481 e. The lowest BCUT2D eigenvalue weighted by atomic mass is 9.99. The molecule has 0 radical (unpaired) electrons. The van der Waals surface area contributed by atoms with Crippen molar-refractivity contribution in [3.05, 3.63) is 94.6 Å². The van der Waals surface area contributed by atoms with Crippen LogP contribution < -0.4 is 26.6 Å². The van der Waals surface area contributed by atoms with Crippen molar-refractivity contribution in [2.75, 3.05) is 43.4 Å². The fraction of sp³-hybridized carbons (Fsp3) is 0.500. The molecule has 4 rings (SSSR count). The number of amides is 4. The zero-order valence-corrected chi connectivity index (χ0v) is 47.7. The van der Waals surface area contributed by atoms with E-state index in [1.54, 1.807) is 62.1 Å². The Hall–Kier alpha value is -7.57. The molecule has 23 heteroatoms. The number of methoxy groups -OCH3 is 2. The number of aliphatic hydroxyl groups excluding tert-OH is 4. The first-order chi connectivity index (χ1) is 38.5. The van der Waals surface area contributed by atoms with Gasteiger partial charge in [-0.2, -0.15) is 0 Å². The Balaban J connectivity index is 0.000000572. The maximum atomic E-state index is 12.4. The minimum absolute atomic E-state index is 0.0436. The highest BCUT2D eigenvalue weighted by atomic mass is 16.6. The smallest absolute Gasteiger partial charge is 0.416 e. The van der Waals surface area contributed by atoms with Crippen LogP contribution in [0.4, 0.5) is 21.9 Å². The molecule has 0 saturated heterocycles.